The fraction of sp³-hybridized carbons (Fsp3) is 0.333. The Balaban J connectivity index is 1.82. The molecular formula is C12H9Cl2N3O4. The first-order valence-corrected chi connectivity index (χ1v) is 6.83. The molecule has 2 aromatic rings. The van der Waals surface area contributed by atoms with Crippen LogP contribution in [0.25, 0.3) is 11.5 Å². The summed E-state index contributed by atoms with van der Waals surface area (Å²) in [6.45, 7) is 0. The molecule has 3 rings (SSSR count). The quantitative estimate of drug-likeness (QED) is 0.924. The van der Waals surface area contributed by atoms with Crippen LogP contribution in [0.1, 0.15) is 24.8 Å². The first-order chi connectivity index (χ1) is 10.0. The Morgan fingerprint density at radius 3 is 2.86 bits per heavy atom. The normalized spacial score (nSPS) is 21.6. The Hall–Kier alpha value is -1.70. The lowest BCUT2D eigenvalue weighted by Crippen LogP contribution is -2.18. The average Bonchev–Trinajstić information content (AvgIpc) is 3.07. The van der Waals surface area contributed by atoms with E-state index in [2.05, 4.69) is 15.1 Å². The Bertz CT molecular complexity index is 691. The molecule has 0 aliphatic carbocycles. The molecule has 2 unspecified atom stereocenters. The van der Waals surface area contributed by atoms with Crippen molar-refractivity contribution in [2.24, 2.45) is 0 Å². The monoisotopic (exact) mass is 329 g/mol. The molecule has 1 aliphatic rings. The van der Waals surface area contributed by atoms with Gasteiger partial charge in [-0.3, -0.25) is 0 Å². The molecule has 3 heterocycles. The minimum atomic E-state index is -1.00. The number of carboxylic acid groups (broad SMARTS) is 1. The van der Waals surface area contributed by atoms with E-state index in [-0.39, 0.29) is 11.7 Å². The lowest BCUT2D eigenvalue weighted by molar-refractivity contribution is -0.150. The van der Waals surface area contributed by atoms with E-state index in [1.165, 1.54) is 12.3 Å². The number of ether oxygens (including phenoxy) is 1. The van der Waals surface area contributed by atoms with Crippen LogP contribution in [-0.2, 0) is 9.53 Å². The number of hydrogen-bond donors (Lipinski definition) is 1. The van der Waals surface area contributed by atoms with Gasteiger partial charge in [0.1, 0.15) is 11.8 Å². The van der Waals surface area contributed by atoms with Crippen molar-refractivity contribution in [1.82, 2.24) is 15.1 Å². The van der Waals surface area contributed by atoms with Crippen LogP contribution in [0.5, 0.6) is 0 Å². The Morgan fingerprint density at radius 2 is 2.19 bits per heavy atom. The van der Waals surface area contributed by atoms with Crippen LogP contribution >= 0.6 is 23.2 Å². The molecular weight excluding hydrogens is 321 g/mol. The van der Waals surface area contributed by atoms with Crippen LogP contribution in [0.15, 0.2) is 16.8 Å². The van der Waals surface area contributed by atoms with Crippen molar-refractivity contribution in [2.45, 2.75) is 25.0 Å². The van der Waals surface area contributed by atoms with Gasteiger partial charge in [0.25, 0.3) is 5.89 Å². The van der Waals surface area contributed by atoms with Crippen LogP contribution < -0.4 is 0 Å². The van der Waals surface area contributed by atoms with Crippen molar-refractivity contribution in [3.05, 3.63) is 28.2 Å². The molecule has 1 saturated heterocycles. The van der Waals surface area contributed by atoms with Gasteiger partial charge in [-0.05, 0) is 18.9 Å². The van der Waals surface area contributed by atoms with E-state index < -0.39 is 18.2 Å². The first-order valence-electron chi connectivity index (χ1n) is 6.08. The summed E-state index contributed by atoms with van der Waals surface area (Å²) in [6.07, 6.45) is 0.949. The smallest absolute Gasteiger partial charge is 0.332 e. The Labute approximate surface area is 128 Å². The topological polar surface area (TPSA) is 98.3 Å². The molecule has 0 radical (unpaired) electrons. The lowest BCUT2D eigenvalue weighted by Gasteiger charge is -2.05. The molecule has 110 valence electrons. The predicted molar refractivity (Wildman–Crippen MR) is 72.0 cm³/mol. The third kappa shape index (κ3) is 2.85. The molecule has 0 amide bonds. The molecule has 0 saturated carbocycles. The summed E-state index contributed by atoms with van der Waals surface area (Å²) in [5, 5.41) is 13.4. The largest absolute Gasteiger partial charge is 0.479 e. The molecule has 1 aliphatic heterocycles. The number of rotatable bonds is 3. The van der Waals surface area contributed by atoms with E-state index in [4.69, 9.17) is 37.6 Å². The van der Waals surface area contributed by atoms with Gasteiger partial charge >= 0.3 is 5.97 Å². The van der Waals surface area contributed by atoms with Crippen molar-refractivity contribution in [2.75, 3.05) is 0 Å². The molecule has 2 atom stereocenters. The highest BCUT2D eigenvalue weighted by atomic mass is 35.5. The van der Waals surface area contributed by atoms with Gasteiger partial charge in [-0.1, -0.05) is 28.4 Å². The second-order valence-electron chi connectivity index (χ2n) is 4.47. The fourth-order valence-corrected chi connectivity index (χ4v) is 2.51. The summed E-state index contributed by atoms with van der Waals surface area (Å²) in [6, 6.07) is 1.52. The molecule has 7 nitrogen and oxygen atoms in total. The summed E-state index contributed by atoms with van der Waals surface area (Å²) in [5.41, 5.74) is 0.337. The third-order valence-electron chi connectivity index (χ3n) is 3.03. The standard InChI is InChI=1S/C12H9Cl2N3O4/c13-5-3-6(14)9(15-4-5)10-16-11(21-17-10)7-1-2-8(20-7)12(18)19/h3-4,7-8H,1-2H2,(H,18,19). The van der Waals surface area contributed by atoms with E-state index >= 15 is 0 Å². The number of carboxylic acids is 1. The van der Waals surface area contributed by atoms with Crippen molar-refractivity contribution in [3.63, 3.8) is 0 Å². The second kappa shape index (κ2) is 5.59. The molecule has 0 spiro atoms. The van der Waals surface area contributed by atoms with Gasteiger partial charge in [-0.2, -0.15) is 4.98 Å². The van der Waals surface area contributed by atoms with Crippen LogP contribution in [0.2, 0.25) is 10.0 Å². The highest BCUT2D eigenvalue weighted by Crippen LogP contribution is 2.33. The summed E-state index contributed by atoms with van der Waals surface area (Å²) in [5.74, 6) is -0.588. The van der Waals surface area contributed by atoms with Crippen molar-refractivity contribution >= 4 is 29.2 Å². The molecule has 0 bridgehead atoms. The van der Waals surface area contributed by atoms with Gasteiger partial charge in [0.15, 0.2) is 6.10 Å². The van der Waals surface area contributed by atoms with Gasteiger partial charge in [0.2, 0.25) is 5.82 Å². The summed E-state index contributed by atoms with van der Waals surface area (Å²) in [7, 11) is 0. The number of nitrogens with zero attached hydrogens (tertiary/aromatic N) is 3. The summed E-state index contributed by atoms with van der Waals surface area (Å²) >= 11 is 11.8. The van der Waals surface area contributed by atoms with Crippen LogP contribution in [0.3, 0.4) is 0 Å². The van der Waals surface area contributed by atoms with Gasteiger partial charge in [-0.15, -0.1) is 0 Å². The van der Waals surface area contributed by atoms with Gasteiger partial charge in [0.05, 0.1) is 10.0 Å². The van der Waals surface area contributed by atoms with Gasteiger partial charge in [0, 0.05) is 6.20 Å². The maximum absolute atomic E-state index is 10.9. The highest BCUT2D eigenvalue weighted by molar-refractivity contribution is 6.35. The molecule has 2 aromatic heterocycles. The van der Waals surface area contributed by atoms with Crippen molar-refractivity contribution < 1.29 is 19.2 Å². The number of pyridine rings is 1. The second-order valence-corrected chi connectivity index (χ2v) is 5.31. The SMILES string of the molecule is O=C(O)C1CCC(c2nc(-c3ncc(Cl)cc3Cl)no2)O1. The number of hydrogen-bond acceptors (Lipinski definition) is 6. The average molecular weight is 330 g/mol. The predicted octanol–water partition coefficient (Wildman–Crippen LogP) is 2.74. The lowest BCUT2D eigenvalue weighted by atomic mass is 10.2. The zero-order valence-electron chi connectivity index (χ0n) is 10.5. The maximum Gasteiger partial charge on any atom is 0.332 e. The molecule has 0 aromatic carbocycles. The van der Waals surface area contributed by atoms with Crippen molar-refractivity contribution in [1.29, 1.82) is 0 Å². The molecule has 21 heavy (non-hydrogen) atoms. The third-order valence-corrected chi connectivity index (χ3v) is 3.53. The molecule has 1 fully saturated rings. The van der Waals surface area contributed by atoms with Crippen molar-refractivity contribution in [3.8, 4) is 11.5 Å². The van der Waals surface area contributed by atoms with Crippen LogP contribution in [0.4, 0.5) is 0 Å². The zero-order chi connectivity index (χ0) is 15.0. The zero-order valence-corrected chi connectivity index (χ0v) is 12.0. The van der Waals surface area contributed by atoms with Gasteiger partial charge < -0.3 is 14.4 Å². The summed E-state index contributed by atoms with van der Waals surface area (Å²) < 4.78 is 10.4. The minimum Gasteiger partial charge on any atom is -0.479 e. The Morgan fingerprint density at radius 1 is 1.38 bits per heavy atom. The van der Waals surface area contributed by atoms with Gasteiger partial charge in [-0.25, -0.2) is 9.78 Å². The summed E-state index contributed by atoms with van der Waals surface area (Å²) in [4.78, 5) is 19.1. The molecule has 9 heteroatoms. The fourth-order valence-electron chi connectivity index (χ4n) is 2.04. The van der Waals surface area contributed by atoms with Crippen LogP contribution in [0, 0.1) is 0 Å². The van der Waals surface area contributed by atoms with Crippen LogP contribution in [-0.4, -0.2) is 32.3 Å². The minimum absolute atomic E-state index is 0.203. The molecule has 1 N–H and O–H groups in total. The number of aliphatic carboxylic acids is 1. The number of carbonyl (C=O) groups is 1. The number of halogens is 2. The van der Waals surface area contributed by atoms with E-state index in [1.807, 2.05) is 0 Å². The number of aromatic nitrogens is 3. The van der Waals surface area contributed by atoms with E-state index in [0.717, 1.165) is 0 Å². The van der Waals surface area contributed by atoms with E-state index in [0.29, 0.717) is 28.6 Å². The highest BCUT2D eigenvalue weighted by Gasteiger charge is 2.34. The first kappa shape index (κ1) is 14.2. The maximum atomic E-state index is 10.9. The van der Waals surface area contributed by atoms with E-state index in [1.54, 1.807) is 0 Å². The Kier molecular flexibility index (Phi) is 3.79. The van der Waals surface area contributed by atoms with E-state index in [9.17, 15) is 4.79 Å².